The molecule has 0 nitrogen and oxygen atoms in total. The van der Waals surface area contributed by atoms with Crippen molar-refractivity contribution < 1.29 is 0 Å². The Kier molecular flexibility index (Phi) is 5.59. The molecule has 1 aromatic rings. The van der Waals surface area contributed by atoms with Gasteiger partial charge < -0.3 is 0 Å². The second-order valence-electron chi connectivity index (χ2n) is 2.28. The monoisotopic (exact) mass is 506 g/mol. The van der Waals surface area contributed by atoms with E-state index in [-0.39, 0.29) is 0 Å². The lowest BCUT2D eigenvalue weighted by Crippen LogP contribution is -1.91. The second-order valence-corrected chi connectivity index (χ2v) is 6.93. The Morgan fingerprint density at radius 3 is 1.71 bits per heavy atom. The van der Waals surface area contributed by atoms with Gasteiger partial charge >= 0.3 is 0 Å². The Labute approximate surface area is 130 Å². The van der Waals surface area contributed by atoms with Crippen LogP contribution in [0.25, 0.3) is 0 Å². The molecule has 0 saturated carbocycles. The lowest BCUT2D eigenvalue weighted by atomic mass is 10.2. The summed E-state index contributed by atoms with van der Waals surface area (Å²) in [5.41, 5.74) is 0.702. The fourth-order valence-electron chi connectivity index (χ4n) is 0.813. The number of hydrogen-bond donors (Lipinski definition) is 0. The van der Waals surface area contributed by atoms with Crippen LogP contribution in [0.1, 0.15) is 10.4 Å². The van der Waals surface area contributed by atoms with E-state index in [1.165, 1.54) is 0 Å². The van der Waals surface area contributed by atoms with E-state index in [2.05, 4.69) is 63.7 Å². The number of alkyl halides is 2. The maximum Gasteiger partial charge on any atom is 0.135 e. The minimum Gasteiger partial charge on any atom is -0.1000 e. The van der Waals surface area contributed by atoms with E-state index in [1.54, 1.807) is 0 Å². The van der Waals surface area contributed by atoms with Crippen molar-refractivity contribution in [3.8, 4) is 0 Å². The van der Waals surface area contributed by atoms with Gasteiger partial charge in [0.05, 0.1) is 9.50 Å². The normalized spacial score (nSPS) is 11.1. The minimum atomic E-state index is -0.652. The van der Waals surface area contributed by atoms with Crippen molar-refractivity contribution in [3.63, 3.8) is 0 Å². The van der Waals surface area contributed by atoms with Gasteiger partial charge in [-0.05, 0) is 63.7 Å². The number of halogens is 7. The van der Waals surface area contributed by atoms with Gasteiger partial charge in [0.2, 0.25) is 0 Å². The summed E-state index contributed by atoms with van der Waals surface area (Å²) in [6.07, 6.45) is 0. The van der Waals surface area contributed by atoms with E-state index >= 15 is 0 Å². The Balaban J connectivity index is 3.60. The molecule has 0 aliphatic heterocycles. The van der Waals surface area contributed by atoms with Gasteiger partial charge in [0.1, 0.15) is 4.84 Å². The van der Waals surface area contributed by atoms with Crippen molar-refractivity contribution in [2.75, 3.05) is 0 Å². The molecule has 0 aliphatic rings. The lowest BCUT2D eigenvalue weighted by Gasteiger charge is -2.13. The molecule has 0 radical (unpaired) electrons. The zero-order valence-electron chi connectivity index (χ0n) is 6.22. The highest BCUT2D eigenvalue weighted by molar-refractivity contribution is 9.14. The molecule has 0 fully saturated rings. The van der Waals surface area contributed by atoms with Gasteiger partial charge in [0.15, 0.2) is 0 Å². The van der Waals surface area contributed by atoms with Crippen molar-refractivity contribution in [3.05, 3.63) is 28.5 Å². The predicted molar refractivity (Wildman–Crippen MR) is 76.7 cm³/mol. The minimum absolute atomic E-state index is 0.529. The van der Waals surface area contributed by atoms with E-state index < -0.39 is 4.84 Å². The van der Waals surface area contributed by atoms with E-state index in [0.717, 1.165) is 13.4 Å². The molecule has 0 aliphatic carbocycles. The molecular formula is C7HBr4Cl3. The first kappa shape index (κ1) is 14.1. The quantitative estimate of drug-likeness (QED) is 0.220. The largest absolute Gasteiger partial charge is 0.135 e. The van der Waals surface area contributed by atoms with Crippen LogP contribution < -0.4 is 0 Å². The van der Waals surface area contributed by atoms with Crippen LogP contribution in [0.15, 0.2) is 17.9 Å². The van der Waals surface area contributed by atoms with Gasteiger partial charge in [-0.15, -0.1) is 0 Å². The predicted octanol–water partition coefficient (Wildman–Crippen LogP) is 6.87. The zero-order chi connectivity index (χ0) is 11.0. The van der Waals surface area contributed by atoms with Gasteiger partial charge in [0, 0.05) is 19.0 Å². The van der Waals surface area contributed by atoms with Gasteiger partial charge in [-0.3, -0.25) is 0 Å². The van der Waals surface area contributed by atoms with Crippen LogP contribution in [0.4, 0.5) is 0 Å². The zero-order valence-corrected chi connectivity index (χ0v) is 14.8. The third kappa shape index (κ3) is 2.63. The summed E-state index contributed by atoms with van der Waals surface area (Å²) < 4.78 is 2.98. The first-order valence-corrected chi connectivity index (χ1v) is 7.59. The molecule has 1 aromatic carbocycles. The summed E-state index contributed by atoms with van der Waals surface area (Å²) in [4.78, 5) is -0.652. The van der Waals surface area contributed by atoms with Crippen LogP contribution >= 0.6 is 98.5 Å². The summed E-state index contributed by atoms with van der Waals surface area (Å²) in [6, 6.07) is 0. The third-order valence-electron chi connectivity index (χ3n) is 1.46. The maximum atomic E-state index is 6.04. The fourth-order valence-corrected chi connectivity index (χ4v) is 4.94. The smallest absolute Gasteiger partial charge is 0.1000 e. The molecule has 0 amide bonds. The highest BCUT2D eigenvalue weighted by Gasteiger charge is 2.21. The van der Waals surface area contributed by atoms with Crippen LogP contribution in [-0.2, 0) is 0 Å². The molecule has 0 atom stereocenters. The number of benzene rings is 1. The van der Waals surface area contributed by atoms with Crippen molar-refractivity contribution in [2.45, 2.75) is 4.84 Å². The Morgan fingerprint density at radius 2 is 1.29 bits per heavy atom. The van der Waals surface area contributed by atoms with Crippen molar-refractivity contribution in [1.29, 1.82) is 0 Å². The van der Waals surface area contributed by atoms with E-state index in [9.17, 15) is 0 Å². The molecule has 7 heteroatoms. The van der Waals surface area contributed by atoms with Crippen molar-refractivity contribution in [2.24, 2.45) is 0 Å². The molecule has 0 heterocycles. The molecule has 1 rings (SSSR count). The Bertz CT molecular complexity index is 349. The summed E-state index contributed by atoms with van der Waals surface area (Å²) in [5, 5.41) is 0.529. The lowest BCUT2D eigenvalue weighted by molar-refractivity contribution is 1.27. The number of hydrogen-bond acceptors (Lipinski definition) is 0. The highest BCUT2D eigenvalue weighted by atomic mass is 79.9. The van der Waals surface area contributed by atoms with Crippen LogP contribution in [0, 0.1) is 0 Å². The van der Waals surface area contributed by atoms with Crippen LogP contribution in [0.2, 0.25) is 5.02 Å². The van der Waals surface area contributed by atoms with Crippen molar-refractivity contribution >= 4 is 98.5 Å². The summed E-state index contributed by atoms with van der Waals surface area (Å²) in [5.74, 6) is 0. The van der Waals surface area contributed by atoms with E-state index in [1.807, 2.05) is 0 Å². The van der Waals surface area contributed by atoms with Gasteiger partial charge in [-0.1, -0.05) is 34.8 Å². The molecule has 0 spiro atoms. The molecule has 0 bridgehead atoms. The molecular weight excluding hydrogens is 510 g/mol. The average Bonchev–Trinajstić information content (AvgIpc) is 2.11. The highest BCUT2D eigenvalue weighted by Crippen LogP contribution is 2.48. The first-order valence-electron chi connectivity index (χ1n) is 3.17. The van der Waals surface area contributed by atoms with E-state index in [4.69, 9.17) is 34.8 Å². The third-order valence-corrected chi connectivity index (χ3v) is 7.03. The van der Waals surface area contributed by atoms with Crippen LogP contribution in [0.3, 0.4) is 0 Å². The Hall–Kier alpha value is 2.01. The first-order chi connectivity index (χ1) is 6.37. The molecule has 78 valence electrons. The van der Waals surface area contributed by atoms with E-state index in [0.29, 0.717) is 15.1 Å². The molecule has 14 heavy (non-hydrogen) atoms. The summed E-state index contributed by atoms with van der Waals surface area (Å²) >= 11 is 31.1. The maximum absolute atomic E-state index is 6.04. The van der Waals surface area contributed by atoms with Gasteiger partial charge in [0.25, 0.3) is 0 Å². The second kappa shape index (κ2) is 5.56. The molecule has 0 unspecified atom stereocenters. The number of rotatable bonds is 1. The average molecular weight is 511 g/mol. The Morgan fingerprint density at radius 1 is 0.786 bits per heavy atom. The summed E-state index contributed by atoms with van der Waals surface area (Å²) in [7, 11) is 0. The standard InChI is InChI=1S/C7HBr4Cl3/c8-2-1(7(13)14)3(9)6(12)5(11)4(2)10/h7H. The molecule has 0 N–H and O–H groups in total. The topological polar surface area (TPSA) is 0 Å². The van der Waals surface area contributed by atoms with Gasteiger partial charge in [-0.25, -0.2) is 0 Å². The van der Waals surface area contributed by atoms with Gasteiger partial charge in [-0.2, -0.15) is 0 Å². The van der Waals surface area contributed by atoms with Crippen LogP contribution in [0.5, 0.6) is 0 Å². The summed E-state index contributed by atoms with van der Waals surface area (Å²) in [6.45, 7) is 0. The van der Waals surface area contributed by atoms with Crippen molar-refractivity contribution in [1.82, 2.24) is 0 Å². The fraction of sp³-hybridized carbons (Fsp3) is 0.143. The molecule has 0 saturated heterocycles. The molecule has 0 aromatic heterocycles. The van der Waals surface area contributed by atoms with Crippen LogP contribution in [-0.4, -0.2) is 0 Å². The SMILES string of the molecule is Clc1c(Br)c(Br)c(Br)c(C(Cl)Cl)c1Br.